The monoisotopic (exact) mass is 394 g/mol. The van der Waals surface area contributed by atoms with Crippen molar-refractivity contribution in [2.75, 3.05) is 0 Å². The van der Waals surface area contributed by atoms with Crippen molar-refractivity contribution in [1.82, 2.24) is 0 Å². The van der Waals surface area contributed by atoms with Gasteiger partial charge < -0.3 is 3.79 Å². The molecule has 0 unspecified atom stereocenters. The molecule has 1 aromatic rings. The van der Waals surface area contributed by atoms with Crippen LogP contribution >= 0.6 is 10.0 Å². The van der Waals surface area contributed by atoms with Crippen LogP contribution in [0.4, 0.5) is 0 Å². The van der Waals surface area contributed by atoms with E-state index in [2.05, 4.69) is 67.5 Å². The van der Waals surface area contributed by atoms with Crippen molar-refractivity contribution < 1.29 is 3.79 Å². The highest BCUT2D eigenvalue weighted by molar-refractivity contribution is 7.03. The van der Waals surface area contributed by atoms with Crippen LogP contribution in [0.3, 0.4) is 0 Å². The first-order chi connectivity index (χ1) is 12.0. The third-order valence-electron chi connectivity index (χ3n) is 4.88. The molecule has 0 radical (unpaired) electrons. The third-order valence-corrected chi connectivity index (χ3v) is 7.16. The Morgan fingerprint density at radius 1 is 0.846 bits per heavy atom. The van der Waals surface area contributed by atoms with E-state index >= 15 is 0 Å². The van der Waals surface area contributed by atoms with Gasteiger partial charge in [0.1, 0.15) is 0 Å². The van der Waals surface area contributed by atoms with E-state index in [1.807, 2.05) is 0 Å². The zero-order valence-corrected chi connectivity index (χ0v) is 20.4. The van der Waals surface area contributed by atoms with Crippen LogP contribution in [0, 0.1) is 6.92 Å². The smallest absolute Gasteiger partial charge is 0.631 e. The number of aryl methyl sites for hydroxylation is 1. The van der Waals surface area contributed by atoms with Crippen LogP contribution in [0.1, 0.15) is 104 Å². The Bertz CT molecular complexity index is 519. The lowest BCUT2D eigenvalue weighted by Crippen LogP contribution is -2.24. The maximum absolute atomic E-state index is 6.76. The Morgan fingerprint density at radius 3 is 1.77 bits per heavy atom. The standard InChI is InChI=1S/C15H24O.C8H17.Al.ClH/c1-10-8-11(14(2,3)4)13(16)12(9-10)15(5,6)7;1-3-5-7-8-6-4-2;;/h8-9,16H,1-7H3;1,3-8H2,2H3;;1H/q;;+2;/p-2. The molecular formula is C23H40AlClO. The Kier molecular flexibility index (Phi) is 9.56. The Morgan fingerprint density at radius 2 is 1.31 bits per heavy atom. The SMILES string of the molecule is CCCCCCC[CH2][Al]([Cl])[O]c1c(C(C)(C)C)cc(C)cc1C(C)(C)C. The van der Waals surface area contributed by atoms with Crippen LogP contribution < -0.4 is 3.79 Å². The number of unbranched alkanes of at least 4 members (excludes halogenated alkanes) is 5. The molecule has 3 heteroatoms. The topological polar surface area (TPSA) is 9.23 Å². The summed E-state index contributed by atoms with van der Waals surface area (Å²) in [5, 5.41) is 1.05. The molecule has 0 aliphatic carbocycles. The molecule has 0 heterocycles. The van der Waals surface area contributed by atoms with Crippen LogP contribution in [-0.4, -0.2) is 13.6 Å². The van der Waals surface area contributed by atoms with Crippen LogP contribution in [0.2, 0.25) is 5.28 Å². The van der Waals surface area contributed by atoms with Gasteiger partial charge in [-0.3, -0.25) is 0 Å². The lowest BCUT2D eigenvalue weighted by Gasteiger charge is -2.32. The molecule has 1 nitrogen and oxygen atoms in total. The van der Waals surface area contributed by atoms with E-state index in [1.165, 1.54) is 55.2 Å². The van der Waals surface area contributed by atoms with Gasteiger partial charge in [-0.05, 0) is 34.2 Å². The van der Waals surface area contributed by atoms with Gasteiger partial charge in [-0.2, -0.15) is 0 Å². The van der Waals surface area contributed by atoms with Gasteiger partial charge in [0.15, 0.2) is 0 Å². The van der Waals surface area contributed by atoms with Gasteiger partial charge >= 0.3 is 13.6 Å². The number of rotatable bonds is 9. The molecule has 0 aromatic heterocycles. The highest BCUT2D eigenvalue weighted by Crippen LogP contribution is 2.41. The van der Waals surface area contributed by atoms with Crippen molar-refractivity contribution >= 4 is 23.6 Å². The fraction of sp³-hybridized carbons (Fsp3) is 0.739. The molecule has 148 valence electrons. The molecule has 0 fully saturated rings. The number of hydrogen-bond donors (Lipinski definition) is 0. The average Bonchev–Trinajstić information content (AvgIpc) is 2.50. The summed E-state index contributed by atoms with van der Waals surface area (Å²) < 4.78 is 6.52. The highest BCUT2D eigenvalue weighted by Gasteiger charge is 2.30. The molecule has 0 saturated carbocycles. The lowest BCUT2D eigenvalue weighted by atomic mass is 9.78. The third kappa shape index (κ3) is 7.84. The zero-order valence-electron chi connectivity index (χ0n) is 18.5. The van der Waals surface area contributed by atoms with Crippen molar-refractivity contribution in [3.05, 3.63) is 28.8 Å². The van der Waals surface area contributed by atoms with Gasteiger partial charge in [0.2, 0.25) is 0 Å². The fourth-order valence-electron chi connectivity index (χ4n) is 3.29. The van der Waals surface area contributed by atoms with Crippen LogP contribution in [0.25, 0.3) is 0 Å². The zero-order chi connectivity index (χ0) is 20.0. The summed E-state index contributed by atoms with van der Waals surface area (Å²) in [6.07, 6.45) is 7.82. The first kappa shape index (κ1) is 23.9. The lowest BCUT2D eigenvalue weighted by molar-refractivity contribution is 0.487. The highest BCUT2D eigenvalue weighted by atomic mass is 35.6. The summed E-state index contributed by atoms with van der Waals surface area (Å²) in [6.45, 7) is 18.0. The predicted octanol–water partition coefficient (Wildman–Crippen LogP) is 8.06. The minimum absolute atomic E-state index is 0.0481. The molecule has 0 saturated heterocycles. The predicted molar refractivity (Wildman–Crippen MR) is 119 cm³/mol. The molecule has 0 aliphatic rings. The van der Waals surface area contributed by atoms with Crippen LogP contribution in [0.15, 0.2) is 12.1 Å². The molecule has 26 heavy (non-hydrogen) atoms. The van der Waals surface area contributed by atoms with Gasteiger partial charge in [-0.15, -0.1) is 0 Å². The van der Waals surface area contributed by atoms with Crippen molar-refractivity contribution in [3.63, 3.8) is 0 Å². The summed E-state index contributed by atoms with van der Waals surface area (Å²) in [6, 6.07) is 4.57. The maximum Gasteiger partial charge on any atom is 0.679 e. The number of benzene rings is 1. The molecule has 0 spiro atoms. The first-order valence-electron chi connectivity index (χ1n) is 10.4. The average molecular weight is 395 g/mol. The van der Waals surface area contributed by atoms with Crippen molar-refractivity contribution in [1.29, 1.82) is 0 Å². The second kappa shape index (κ2) is 10.4. The van der Waals surface area contributed by atoms with Crippen molar-refractivity contribution in [3.8, 4) is 5.75 Å². The van der Waals surface area contributed by atoms with E-state index in [1.54, 1.807) is 0 Å². The molecular weight excluding hydrogens is 355 g/mol. The largest absolute Gasteiger partial charge is 0.679 e. The second-order valence-electron chi connectivity index (χ2n) is 9.77. The molecule has 0 aliphatic heterocycles. The molecule has 0 atom stereocenters. The van der Waals surface area contributed by atoms with E-state index in [0.29, 0.717) is 0 Å². The van der Waals surface area contributed by atoms with Gasteiger partial charge in [0, 0.05) is 0 Å². The summed E-state index contributed by atoms with van der Waals surface area (Å²) in [4.78, 5) is 0. The van der Waals surface area contributed by atoms with Gasteiger partial charge in [-0.25, -0.2) is 10.0 Å². The Labute approximate surface area is 171 Å². The Hall–Kier alpha value is -0.158. The quantitative estimate of drug-likeness (QED) is 0.304. The van der Waals surface area contributed by atoms with Crippen molar-refractivity contribution in [2.45, 2.75) is 110 Å². The molecule has 1 aromatic carbocycles. The fourth-order valence-corrected chi connectivity index (χ4v) is 5.25. The van der Waals surface area contributed by atoms with Gasteiger partial charge in [0.05, 0.1) is 5.75 Å². The molecule has 1 rings (SSSR count). The van der Waals surface area contributed by atoms with Crippen LogP contribution in [-0.2, 0) is 10.8 Å². The number of hydrogen-bond acceptors (Lipinski definition) is 1. The summed E-state index contributed by atoms with van der Waals surface area (Å²) in [7, 11) is 6.76. The van der Waals surface area contributed by atoms with E-state index in [-0.39, 0.29) is 10.8 Å². The van der Waals surface area contributed by atoms with E-state index in [4.69, 9.17) is 13.8 Å². The maximum atomic E-state index is 6.76. The summed E-state index contributed by atoms with van der Waals surface area (Å²) in [5.74, 6) is 1.06. The minimum Gasteiger partial charge on any atom is -0.631 e. The van der Waals surface area contributed by atoms with Crippen molar-refractivity contribution in [2.24, 2.45) is 0 Å². The minimum atomic E-state index is -1.73. The normalized spacial score (nSPS) is 12.3. The van der Waals surface area contributed by atoms with E-state index < -0.39 is 13.6 Å². The van der Waals surface area contributed by atoms with Gasteiger partial charge in [0.25, 0.3) is 0 Å². The first-order valence-corrected chi connectivity index (χ1v) is 13.5. The summed E-state index contributed by atoms with van der Waals surface area (Å²) >= 11 is -1.73. The molecule has 0 bridgehead atoms. The molecule has 0 N–H and O–H groups in total. The van der Waals surface area contributed by atoms with Gasteiger partial charge in [-0.1, -0.05) is 105 Å². The molecule has 0 amide bonds. The Balaban J connectivity index is 2.92. The second-order valence-corrected chi connectivity index (χ2v) is 12.9. The van der Waals surface area contributed by atoms with E-state index in [0.717, 1.165) is 11.0 Å². The number of halogens is 1. The van der Waals surface area contributed by atoms with E-state index in [9.17, 15) is 0 Å². The van der Waals surface area contributed by atoms with Crippen LogP contribution in [0.5, 0.6) is 5.75 Å². The summed E-state index contributed by atoms with van der Waals surface area (Å²) in [5.41, 5.74) is 3.99.